The van der Waals surface area contributed by atoms with E-state index in [-0.39, 0.29) is 11.5 Å². The molecule has 0 amide bonds. The Bertz CT molecular complexity index is 1040. The van der Waals surface area contributed by atoms with Gasteiger partial charge in [0.1, 0.15) is 5.75 Å². The highest BCUT2D eigenvalue weighted by molar-refractivity contribution is 7.83. The first-order valence-corrected chi connectivity index (χ1v) is 9.41. The summed E-state index contributed by atoms with van der Waals surface area (Å²) in [6.45, 7) is 1.98. The number of furan rings is 1. The van der Waals surface area contributed by atoms with Crippen LogP contribution in [0.5, 0.6) is 0 Å². The summed E-state index contributed by atoms with van der Waals surface area (Å²) in [7, 11) is -1.25. The highest BCUT2D eigenvalue weighted by Gasteiger charge is 2.16. The molecule has 26 heavy (non-hydrogen) atoms. The molecule has 1 unspecified atom stereocenters. The monoisotopic (exact) mass is 369 g/mol. The van der Waals surface area contributed by atoms with Gasteiger partial charge in [0.2, 0.25) is 17.5 Å². The van der Waals surface area contributed by atoms with Crippen LogP contribution < -0.4 is 0 Å². The van der Waals surface area contributed by atoms with Gasteiger partial charge in [-0.05, 0) is 24.6 Å². The Labute approximate surface area is 151 Å². The lowest BCUT2D eigenvalue weighted by atomic mass is 10.1. The molecule has 8 heteroatoms. The molecule has 4 rings (SSSR count). The number of rotatable bonds is 6. The first-order valence-electron chi connectivity index (χ1n) is 7.92. The standard InChI is InChI=1S/C18H15N3O4S/c1-12-5-2-3-6-14(12)18-19-17(25-21-18)11-26(22)10-13-9-16(24-20-13)15-7-4-8-23-15/h2-9H,10-11H2,1H3. The minimum absolute atomic E-state index is 0.155. The van der Waals surface area contributed by atoms with E-state index in [0.29, 0.717) is 28.9 Å². The highest BCUT2D eigenvalue weighted by atomic mass is 32.2. The predicted molar refractivity (Wildman–Crippen MR) is 94.2 cm³/mol. The number of nitrogens with zero attached hydrogens (tertiary/aromatic N) is 3. The summed E-state index contributed by atoms with van der Waals surface area (Å²) < 4.78 is 28.1. The Balaban J connectivity index is 1.42. The van der Waals surface area contributed by atoms with Crippen molar-refractivity contribution in [1.29, 1.82) is 0 Å². The second-order valence-corrected chi connectivity index (χ2v) is 7.17. The van der Waals surface area contributed by atoms with Gasteiger partial charge in [0.05, 0.1) is 17.7 Å². The van der Waals surface area contributed by atoms with Crippen LogP contribution in [0.3, 0.4) is 0 Å². The predicted octanol–water partition coefficient (Wildman–Crippen LogP) is 3.74. The molecule has 132 valence electrons. The van der Waals surface area contributed by atoms with Crippen LogP contribution in [-0.2, 0) is 22.3 Å². The zero-order chi connectivity index (χ0) is 17.9. The second-order valence-electron chi connectivity index (χ2n) is 5.71. The van der Waals surface area contributed by atoms with Crippen LogP contribution in [0.4, 0.5) is 0 Å². The van der Waals surface area contributed by atoms with Crippen molar-refractivity contribution in [1.82, 2.24) is 15.3 Å². The molecule has 3 heterocycles. The summed E-state index contributed by atoms with van der Waals surface area (Å²) in [4.78, 5) is 4.34. The smallest absolute Gasteiger partial charge is 0.239 e. The number of aryl methyl sites for hydroxylation is 1. The van der Waals surface area contributed by atoms with Crippen LogP contribution >= 0.6 is 0 Å². The van der Waals surface area contributed by atoms with Crippen molar-refractivity contribution in [2.75, 3.05) is 0 Å². The number of hydrogen-bond acceptors (Lipinski definition) is 7. The van der Waals surface area contributed by atoms with Gasteiger partial charge in [0, 0.05) is 22.4 Å². The van der Waals surface area contributed by atoms with Crippen molar-refractivity contribution in [3.63, 3.8) is 0 Å². The van der Waals surface area contributed by atoms with Crippen LogP contribution in [0, 0.1) is 6.92 Å². The fraction of sp³-hybridized carbons (Fsp3) is 0.167. The maximum absolute atomic E-state index is 12.4. The SMILES string of the molecule is Cc1ccccc1-c1noc(CS(=O)Cc2cc(-c3ccco3)on2)n1. The van der Waals surface area contributed by atoms with Gasteiger partial charge in [-0.3, -0.25) is 4.21 Å². The normalized spacial score (nSPS) is 12.3. The van der Waals surface area contributed by atoms with Gasteiger partial charge in [0.15, 0.2) is 5.76 Å². The van der Waals surface area contributed by atoms with Crippen LogP contribution in [-0.4, -0.2) is 19.5 Å². The third-order valence-corrected chi connectivity index (χ3v) is 4.96. The Kier molecular flexibility index (Phi) is 4.49. The van der Waals surface area contributed by atoms with Gasteiger partial charge in [-0.25, -0.2) is 0 Å². The first-order chi connectivity index (χ1) is 12.7. The molecule has 0 aliphatic carbocycles. The average Bonchev–Trinajstić information content (AvgIpc) is 3.36. The zero-order valence-electron chi connectivity index (χ0n) is 13.9. The van der Waals surface area contributed by atoms with Crippen molar-refractivity contribution in [2.45, 2.75) is 18.4 Å². The summed E-state index contributed by atoms with van der Waals surface area (Å²) >= 11 is 0. The lowest BCUT2D eigenvalue weighted by Crippen LogP contribution is -2.00. The highest BCUT2D eigenvalue weighted by Crippen LogP contribution is 2.22. The molecule has 0 aliphatic rings. The van der Waals surface area contributed by atoms with E-state index in [9.17, 15) is 4.21 Å². The van der Waals surface area contributed by atoms with Crippen molar-refractivity contribution >= 4 is 10.8 Å². The number of aromatic nitrogens is 3. The Hall–Kier alpha value is -3.00. The van der Waals surface area contributed by atoms with E-state index in [4.69, 9.17) is 13.5 Å². The molecule has 1 aromatic carbocycles. The molecule has 0 bridgehead atoms. The third kappa shape index (κ3) is 3.50. The minimum atomic E-state index is -1.25. The zero-order valence-corrected chi connectivity index (χ0v) is 14.7. The van der Waals surface area contributed by atoms with Gasteiger partial charge in [0.25, 0.3) is 0 Å². The van der Waals surface area contributed by atoms with Crippen LogP contribution in [0.2, 0.25) is 0 Å². The Morgan fingerprint density at radius 1 is 1.00 bits per heavy atom. The second kappa shape index (κ2) is 7.09. The molecule has 4 aromatic rings. The van der Waals surface area contributed by atoms with Crippen molar-refractivity contribution in [3.05, 3.63) is 65.9 Å². The molecule has 0 aliphatic heterocycles. The number of hydrogen-bond donors (Lipinski definition) is 0. The maximum Gasteiger partial charge on any atom is 0.239 e. The van der Waals surface area contributed by atoms with Crippen LogP contribution in [0.15, 0.2) is 62.2 Å². The van der Waals surface area contributed by atoms with E-state index in [1.807, 2.05) is 31.2 Å². The molecule has 3 aromatic heterocycles. The van der Waals surface area contributed by atoms with Crippen LogP contribution in [0.25, 0.3) is 22.9 Å². The molecule has 0 N–H and O–H groups in total. The third-order valence-electron chi connectivity index (χ3n) is 3.77. The Morgan fingerprint density at radius 2 is 1.88 bits per heavy atom. The first kappa shape index (κ1) is 16.5. The fourth-order valence-electron chi connectivity index (χ4n) is 2.52. The molecule has 1 atom stereocenters. The van der Waals surface area contributed by atoms with Gasteiger partial charge < -0.3 is 13.5 Å². The van der Waals surface area contributed by atoms with Crippen molar-refractivity contribution in [2.24, 2.45) is 0 Å². The summed E-state index contributed by atoms with van der Waals surface area (Å²) in [5.74, 6) is 2.29. The van der Waals surface area contributed by atoms with Gasteiger partial charge in [-0.2, -0.15) is 4.98 Å². The fourth-order valence-corrected chi connectivity index (χ4v) is 3.48. The summed E-state index contributed by atoms with van der Waals surface area (Å²) in [5.41, 5.74) is 2.52. The average molecular weight is 369 g/mol. The lowest BCUT2D eigenvalue weighted by molar-refractivity contribution is 0.390. The quantitative estimate of drug-likeness (QED) is 0.511. The van der Waals surface area contributed by atoms with Crippen molar-refractivity contribution in [3.8, 4) is 22.9 Å². The summed E-state index contributed by atoms with van der Waals surface area (Å²) in [6, 6.07) is 13.0. The molecule has 0 radical (unpaired) electrons. The van der Waals surface area contributed by atoms with Gasteiger partial charge in [-0.15, -0.1) is 0 Å². The maximum atomic E-state index is 12.4. The van der Waals surface area contributed by atoms with Crippen molar-refractivity contribution < 1.29 is 17.7 Å². The summed E-state index contributed by atoms with van der Waals surface area (Å²) in [6.07, 6.45) is 1.55. The molecule has 0 spiro atoms. The minimum Gasteiger partial charge on any atom is -0.461 e. The van der Waals surface area contributed by atoms with Crippen LogP contribution in [0.1, 0.15) is 17.1 Å². The molecular formula is C18H15N3O4S. The van der Waals surface area contributed by atoms with E-state index in [1.54, 1.807) is 24.5 Å². The molecule has 0 fully saturated rings. The largest absolute Gasteiger partial charge is 0.461 e. The van der Waals surface area contributed by atoms with E-state index in [2.05, 4.69) is 15.3 Å². The van der Waals surface area contributed by atoms with E-state index < -0.39 is 10.8 Å². The van der Waals surface area contributed by atoms with Gasteiger partial charge in [-0.1, -0.05) is 34.6 Å². The van der Waals surface area contributed by atoms with E-state index >= 15 is 0 Å². The number of benzene rings is 1. The van der Waals surface area contributed by atoms with E-state index in [0.717, 1.165) is 11.1 Å². The molecule has 7 nitrogen and oxygen atoms in total. The molecule has 0 saturated heterocycles. The lowest BCUT2D eigenvalue weighted by Gasteiger charge is -1.98. The Morgan fingerprint density at radius 3 is 2.69 bits per heavy atom. The molecule has 0 saturated carbocycles. The topological polar surface area (TPSA) is 95.2 Å². The van der Waals surface area contributed by atoms with Gasteiger partial charge >= 0.3 is 0 Å². The van der Waals surface area contributed by atoms with E-state index in [1.165, 1.54) is 0 Å². The molecular weight excluding hydrogens is 354 g/mol. The summed E-state index contributed by atoms with van der Waals surface area (Å²) in [5, 5.41) is 7.90.